The number of methoxy groups -OCH3 is 1. The van der Waals surface area contributed by atoms with E-state index in [-0.39, 0.29) is 5.54 Å². The number of aromatic nitrogens is 1. The minimum Gasteiger partial charge on any atom is -0.496 e. The maximum Gasteiger partial charge on any atom is 0.128 e. The number of aryl methyl sites for hydroxylation is 1. The van der Waals surface area contributed by atoms with Gasteiger partial charge in [-0.05, 0) is 52.0 Å². The molecule has 3 rings (SSSR count). The fourth-order valence-corrected chi connectivity index (χ4v) is 4.00. The minimum atomic E-state index is 0.286. The molecule has 0 bridgehead atoms. The zero-order valence-corrected chi connectivity index (χ0v) is 13.7. The zero-order valence-electron chi connectivity index (χ0n) is 13.7. The molecule has 1 saturated carbocycles. The molecule has 2 fully saturated rings. The molecule has 21 heavy (non-hydrogen) atoms. The average Bonchev–Trinajstić information content (AvgIpc) is 3.30. The van der Waals surface area contributed by atoms with Crippen molar-refractivity contribution in [1.82, 2.24) is 10.3 Å². The second-order valence-corrected chi connectivity index (χ2v) is 6.89. The molecular weight excluding hydrogens is 260 g/mol. The Hall–Kier alpha value is -1.09. The van der Waals surface area contributed by atoms with Gasteiger partial charge in [-0.2, -0.15) is 0 Å². The van der Waals surface area contributed by atoms with Crippen LogP contribution in [0.3, 0.4) is 0 Å². The quantitative estimate of drug-likeness (QED) is 0.920. The lowest BCUT2D eigenvalue weighted by Crippen LogP contribution is -2.49. The number of nitrogens with zero attached hydrogens (tertiary/aromatic N) is 1. The molecule has 1 unspecified atom stereocenters. The molecule has 1 atom stereocenters. The van der Waals surface area contributed by atoms with Crippen LogP contribution in [-0.2, 0) is 6.42 Å². The molecule has 3 nitrogen and oxygen atoms in total. The Morgan fingerprint density at radius 2 is 2.10 bits per heavy atom. The highest BCUT2D eigenvalue weighted by molar-refractivity contribution is 5.41. The van der Waals surface area contributed by atoms with Crippen LogP contribution in [-0.4, -0.2) is 24.2 Å². The highest BCUT2D eigenvalue weighted by Crippen LogP contribution is 2.45. The molecule has 1 N–H and O–H groups in total. The van der Waals surface area contributed by atoms with Crippen LogP contribution in [0.15, 0.2) is 6.20 Å². The summed E-state index contributed by atoms with van der Waals surface area (Å²) in [6.07, 6.45) is 11.1. The number of pyridine rings is 1. The molecule has 1 aliphatic carbocycles. The van der Waals surface area contributed by atoms with Crippen LogP contribution < -0.4 is 10.1 Å². The van der Waals surface area contributed by atoms with Crippen molar-refractivity contribution in [2.45, 2.75) is 64.3 Å². The van der Waals surface area contributed by atoms with E-state index >= 15 is 0 Å². The Labute approximate surface area is 128 Å². The van der Waals surface area contributed by atoms with Crippen LogP contribution in [0.2, 0.25) is 0 Å². The first-order chi connectivity index (χ1) is 10.2. The van der Waals surface area contributed by atoms with Crippen molar-refractivity contribution < 1.29 is 4.74 Å². The monoisotopic (exact) mass is 288 g/mol. The van der Waals surface area contributed by atoms with Gasteiger partial charge in [-0.25, -0.2) is 0 Å². The van der Waals surface area contributed by atoms with E-state index in [0.717, 1.165) is 23.7 Å². The highest BCUT2D eigenvalue weighted by atomic mass is 16.5. The fraction of sp³-hybridized carbons (Fsp3) is 0.722. The normalized spacial score (nSPS) is 26.4. The van der Waals surface area contributed by atoms with Crippen molar-refractivity contribution >= 4 is 0 Å². The van der Waals surface area contributed by atoms with Gasteiger partial charge in [0, 0.05) is 35.0 Å². The third kappa shape index (κ3) is 2.94. The van der Waals surface area contributed by atoms with Gasteiger partial charge in [0.1, 0.15) is 5.75 Å². The number of nitrogens with one attached hydrogen (secondary N) is 1. The summed E-state index contributed by atoms with van der Waals surface area (Å²) in [4.78, 5) is 4.75. The first-order valence-corrected chi connectivity index (χ1v) is 8.40. The van der Waals surface area contributed by atoms with Gasteiger partial charge in [0.05, 0.1) is 7.11 Å². The molecule has 1 aliphatic heterocycles. The molecule has 0 aromatic carbocycles. The van der Waals surface area contributed by atoms with E-state index in [1.807, 2.05) is 6.20 Å². The Morgan fingerprint density at radius 1 is 1.29 bits per heavy atom. The number of rotatable bonds is 4. The molecule has 3 heteroatoms. The predicted molar refractivity (Wildman–Crippen MR) is 85.9 cm³/mol. The van der Waals surface area contributed by atoms with Gasteiger partial charge in [0.2, 0.25) is 0 Å². The Kier molecular flexibility index (Phi) is 4.21. The molecule has 2 heterocycles. The largest absolute Gasteiger partial charge is 0.496 e. The van der Waals surface area contributed by atoms with E-state index in [4.69, 9.17) is 9.72 Å². The molecular formula is C18H28N2O. The van der Waals surface area contributed by atoms with Gasteiger partial charge in [-0.15, -0.1) is 0 Å². The van der Waals surface area contributed by atoms with Crippen molar-refractivity contribution in [1.29, 1.82) is 0 Å². The predicted octanol–water partition coefficient (Wildman–Crippen LogP) is 3.56. The summed E-state index contributed by atoms with van der Waals surface area (Å²) < 4.78 is 5.58. The van der Waals surface area contributed by atoms with Crippen LogP contribution in [0.1, 0.15) is 55.3 Å². The third-order valence-electron chi connectivity index (χ3n) is 5.37. The maximum absolute atomic E-state index is 5.58. The zero-order chi connectivity index (χ0) is 14.9. The topological polar surface area (TPSA) is 34.1 Å². The summed E-state index contributed by atoms with van der Waals surface area (Å²) >= 11 is 0. The summed E-state index contributed by atoms with van der Waals surface area (Å²) in [5.41, 5.74) is 3.87. The maximum atomic E-state index is 5.58. The highest BCUT2D eigenvalue weighted by Gasteiger charge is 2.45. The lowest BCUT2D eigenvalue weighted by Gasteiger charge is -2.35. The van der Waals surface area contributed by atoms with Gasteiger partial charge < -0.3 is 10.1 Å². The lowest BCUT2D eigenvalue weighted by molar-refractivity contribution is 0.267. The van der Waals surface area contributed by atoms with E-state index in [9.17, 15) is 0 Å². The van der Waals surface area contributed by atoms with E-state index in [1.165, 1.54) is 56.3 Å². The third-order valence-corrected chi connectivity index (χ3v) is 5.37. The van der Waals surface area contributed by atoms with Crippen LogP contribution in [0.5, 0.6) is 5.75 Å². The fourth-order valence-electron chi connectivity index (χ4n) is 4.00. The van der Waals surface area contributed by atoms with Crippen LogP contribution in [0.4, 0.5) is 0 Å². The van der Waals surface area contributed by atoms with Crippen LogP contribution in [0.25, 0.3) is 0 Å². The summed E-state index contributed by atoms with van der Waals surface area (Å²) in [7, 11) is 1.76. The molecule has 0 radical (unpaired) electrons. The van der Waals surface area contributed by atoms with Crippen LogP contribution >= 0.6 is 0 Å². The van der Waals surface area contributed by atoms with Crippen molar-refractivity contribution in [3.05, 3.63) is 23.0 Å². The van der Waals surface area contributed by atoms with E-state index in [2.05, 4.69) is 19.2 Å². The van der Waals surface area contributed by atoms with Crippen LogP contribution in [0, 0.1) is 19.8 Å². The van der Waals surface area contributed by atoms with E-state index in [0.29, 0.717) is 0 Å². The molecule has 1 saturated heterocycles. The van der Waals surface area contributed by atoms with Gasteiger partial charge >= 0.3 is 0 Å². The molecule has 1 aromatic heterocycles. The first kappa shape index (κ1) is 14.8. The van der Waals surface area contributed by atoms with Gasteiger partial charge in [0.15, 0.2) is 0 Å². The van der Waals surface area contributed by atoms with E-state index in [1.54, 1.807) is 7.11 Å². The Balaban J connectivity index is 1.89. The van der Waals surface area contributed by atoms with Crippen molar-refractivity contribution in [3.63, 3.8) is 0 Å². The summed E-state index contributed by atoms with van der Waals surface area (Å²) in [6.45, 7) is 5.40. The average molecular weight is 288 g/mol. The molecule has 2 aliphatic rings. The standard InChI is InChI=1S/C18H28N2O/c1-13-12-19-16(14(2)17(13)21-3)11-18(15-7-8-15)9-5-4-6-10-20-18/h12,15,20H,4-11H2,1-3H3. The Bertz CT molecular complexity index is 500. The second kappa shape index (κ2) is 5.96. The first-order valence-electron chi connectivity index (χ1n) is 8.40. The van der Waals surface area contributed by atoms with Crippen molar-refractivity contribution in [2.24, 2.45) is 5.92 Å². The lowest BCUT2D eigenvalue weighted by atomic mass is 9.82. The molecule has 1 aromatic rings. The number of hydrogen-bond acceptors (Lipinski definition) is 3. The van der Waals surface area contributed by atoms with Crippen molar-refractivity contribution in [2.75, 3.05) is 13.7 Å². The summed E-state index contributed by atoms with van der Waals surface area (Å²) in [5, 5.41) is 3.90. The molecule has 116 valence electrons. The number of ether oxygens (including phenoxy) is 1. The Morgan fingerprint density at radius 3 is 2.81 bits per heavy atom. The van der Waals surface area contributed by atoms with Gasteiger partial charge in [-0.1, -0.05) is 12.8 Å². The van der Waals surface area contributed by atoms with Gasteiger partial charge in [-0.3, -0.25) is 4.98 Å². The molecule has 0 spiro atoms. The minimum absolute atomic E-state index is 0.286. The van der Waals surface area contributed by atoms with E-state index < -0.39 is 0 Å². The van der Waals surface area contributed by atoms with Gasteiger partial charge in [0.25, 0.3) is 0 Å². The smallest absolute Gasteiger partial charge is 0.128 e. The molecule has 0 amide bonds. The van der Waals surface area contributed by atoms with Crippen molar-refractivity contribution in [3.8, 4) is 5.75 Å². The SMILES string of the molecule is COc1c(C)cnc(CC2(C3CC3)CCCCCN2)c1C. The number of hydrogen-bond donors (Lipinski definition) is 1. The summed E-state index contributed by atoms with van der Waals surface area (Å²) in [5.74, 6) is 1.86. The summed E-state index contributed by atoms with van der Waals surface area (Å²) in [6, 6.07) is 0. The second-order valence-electron chi connectivity index (χ2n) is 6.89.